The van der Waals surface area contributed by atoms with Gasteiger partial charge in [-0.05, 0) is 62.1 Å². The third-order valence-corrected chi connectivity index (χ3v) is 6.93. The Morgan fingerprint density at radius 3 is 2.51 bits per heavy atom. The van der Waals surface area contributed by atoms with Crippen LogP contribution in [0.5, 0.6) is 0 Å². The number of ether oxygens (including phenoxy) is 1. The molecule has 0 aliphatic carbocycles. The highest BCUT2D eigenvalue weighted by molar-refractivity contribution is 7.20. The second kappa shape index (κ2) is 10.2. The van der Waals surface area contributed by atoms with Crippen LogP contribution in [0.3, 0.4) is 0 Å². The highest BCUT2D eigenvalue weighted by atomic mass is 32.1. The van der Waals surface area contributed by atoms with Crippen molar-refractivity contribution in [3.8, 4) is 0 Å². The maximum Gasteiger partial charge on any atom is 0.338 e. The molecule has 4 aromatic rings. The fraction of sp³-hybridized carbons (Fsp3) is 0.259. The molecule has 7 nitrogen and oxygen atoms in total. The number of esters is 1. The van der Waals surface area contributed by atoms with E-state index < -0.39 is 0 Å². The summed E-state index contributed by atoms with van der Waals surface area (Å²) >= 11 is 1.21. The molecule has 0 bridgehead atoms. The highest BCUT2D eigenvalue weighted by Crippen LogP contribution is 2.28. The molecule has 0 unspecified atom stereocenters. The van der Waals surface area contributed by atoms with Gasteiger partial charge in [-0.3, -0.25) is 14.2 Å². The zero-order chi connectivity index (χ0) is 25.1. The number of fused-ring (bicyclic) bond motifs is 1. The molecule has 2 aromatic heterocycles. The maximum absolute atomic E-state index is 13.3. The van der Waals surface area contributed by atoms with Gasteiger partial charge < -0.3 is 10.1 Å². The summed E-state index contributed by atoms with van der Waals surface area (Å²) in [6.45, 7) is 8.34. The molecule has 1 amide bonds. The average Bonchev–Trinajstić information content (AvgIpc) is 3.18. The molecule has 0 radical (unpaired) electrons. The summed E-state index contributed by atoms with van der Waals surface area (Å²) in [5.41, 5.74) is 4.56. The van der Waals surface area contributed by atoms with E-state index in [9.17, 15) is 14.4 Å². The van der Waals surface area contributed by atoms with Crippen molar-refractivity contribution in [3.05, 3.63) is 91.8 Å². The number of rotatable bonds is 7. The van der Waals surface area contributed by atoms with Gasteiger partial charge in [0.15, 0.2) is 0 Å². The van der Waals surface area contributed by atoms with Crippen LogP contribution < -0.4 is 10.9 Å². The third-order valence-electron chi connectivity index (χ3n) is 5.73. The van der Waals surface area contributed by atoms with Gasteiger partial charge in [-0.15, -0.1) is 11.3 Å². The molecule has 0 atom stereocenters. The number of aromatic nitrogens is 2. The van der Waals surface area contributed by atoms with Gasteiger partial charge in [0.2, 0.25) is 0 Å². The first kappa shape index (κ1) is 24.3. The van der Waals surface area contributed by atoms with Gasteiger partial charge >= 0.3 is 5.97 Å². The predicted molar refractivity (Wildman–Crippen MR) is 139 cm³/mol. The van der Waals surface area contributed by atoms with Crippen molar-refractivity contribution in [1.29, 1.82) is 0 Å². The Hall–Kier alpha value is -3.78. The first-order valence-corrected chi connectivity index (χ1v) is 12.2. The Morgan fingerprint density at radius 2 is 1.83 bits per heavy atom. The molecule has 0 spiro atoms. The molecule has 0 saturated heterocycles. The molecule has 8 heteroatoms. The number of carbonyl (C=O) groups excluding carboxylic acids is 2. The summed E-state index contributed by atoms with van der Waals surface area (Å²) in [6, 6.07) is 12.8. The molecule has 0 fully saturated rings. The zero-order valence-electron chi connectivity index (χ0n) is 20.2. The van der Waals surface area contributed by atoms with Crippen LogP contribution in [0, 0.1) is 20.8 Å². The molecule has 2 heterocycles. The molecule has 4 rings (SSSR count). The van der Waals surface area contributed by atoms with Gasteiger partial charge in [0.05, 0.1) is 35.3 Å². The minimum atomic E-state index is -0.362. The number of hydrogen-bond acceptors (Lipinski definition) is 6. The van der Waals surface area contributed by atoms with Gasteiger partial charge in [0.25, 0.3) is 11.5 Å². The predicted octanol–water partition coefficient (Wildman–Crippen LogP) is 5.25. The second-order valence-electron chi connectivity index (χ2n) is 8.52. The summed E-state index contributed by atoms with van der Waals surface area (Å²) < 4.78 is 6.66. The van der Waals surface area contributed by atoms with Gasteiger partial charge in [-0.2, -0.15) is 0 Å². The molecular weight excluding hydrogens is 462 g/mol. The first-order chi connectivity index (χ1) is 16.8. The largest absolute Gasteiger partial charge is 0.462 e. The van der Waals surface area contributed by atoms with E-state index in [1.54, 1.807) is 31.2 Å². The lowest BCUT2D eigenvalue weighted by Gasteiger charge is -2.08. The van der Waals surface area contributed by atoms with E-state index in [2.05, 4.69) is 10.3 Å². The third kappa shape index (κ3) is 5.17. The van der Waals surface area contributed by atoms with Crippen LogP contribution in [0.15, 0.2) is 53.6 Å². The van der Waals surface area contributed by atoms with Crippen molar-refractivity contribution >= 4 is 39.1 Å². The molecule has 180 valence electrons. The second-order valence-corrected chi connectivity index (χ2v) is 9.52. The van der Waals surface area contributed by atoms with Crippen molar-refractivity contribution in [2.24, 2.45) is 0 Å². The number of hydrogen-bond donors (Lipinski definition) is 1. The number of carbonyl (C=O) groups is 2. The fourth-order valence-electron chi connectivity index (χ4n) is 3.84. The van der Waals surface area contributed by atoms with Crippen LogP contribution >= 0.6 is 11.3 Å². The van der Waals surface area contributed by atoms with Crippen LogP contribution in [0.4, 0.5) is 5.69 Å². The standard InChI is InChI=1S/C27H27N3O4S/c1-5-12-34-27(33)20-9-7-19(8-10-20)14-30-15-28-25-22(26(30)32)18(4)23(35-25)24(31)29-21-11-6-16(2)13-17(21)3/h6-11,13,15H,5,12,14H2,1-4H3,(H,29,31). The lowest BCUT2D eigenvalue weighted by molar-refractivity contribution is 0.0505. The number of thiophene rings is 1. The molecular formula is C27H27N3O4S. The Bertz CT molecular complexity index is 1470. The van der Waals surface area contributed by atoms with Gasteiger partial charge in [0, 0.05) is 5.69 Å². The Balaban J connectivity index is 1.57. The smallest absolute Gasteiger partial charge is 0.338 e. The number of anilines is 1. The van der Waals surface area contributed by atoms with Crippen LogP contribution in [-0.4, -0.2) is 28.0 Å². The minimum absolute atomic E-state index is 0.208. The van der Waals surface area contributed by atoms with Crippen LogP contribution in [0.25, 0.3) is 10.2 Å². The SMILES string of the molecule is CCCOC(=O)c1ccc(Cn2cnc3sc(C(=O)Nc4ccc(C)cc4C)c(C)c3c2=O)cc1. The van der Waals surface area contributed by atoms with Crippen molar-refractivity contribution in [2.75, 3.05) is 11.9 Å². The lowest BCUT2D eigenvalue weighted by atomic mass is 10.1. The molecule has 2 aromatic carbocycles. The number of nitrogens with zero attached hydrogens (tertiary/aromatic N) is 2. The zero-order valence-corrected chi connectivity index (χ0v) is 21.0. The Morgan fingerprint density at radius 1 is 1.09 bits per heavy atom. The molecule has 1 N–H and O–H groups in total. The quantitative estimate of drug-likeness (QED) is 0.358. The van der Waals surface area contributed by atoms with Crippen LogP contribution in [0.1, 0.15) is 55.6 Å². The van der Waals surface area contributed by atoms with E-state index in [-0.39, 0.29) is 17.4 Å². The summed E-state index contributed by atoms with van der Waals surface area (Å²) in [5.74, 6) is -0.617. The van der Waals surface area contributed by atoms with Crippen molar-refractivity contribution < 1.29 is 14.3 Å². The maximum atomic E-state index is 13.3. The van der Waals surface area contributed by atoms with E-state index in [1.165, 1.54) is 22.2 Å². The Kier molecular flexibility index (Phi) is 7.12. The van der Waals surface area contributed by atoms with Crippen LogP contribution in [0.2, 0.25) is 0 Å². The topological polar surface area (TPSA) is 90.3 Å². The van der Waals surface area contributed by atoms with Crippen molar-refractivity contribution in [2.45, 2.75) is 40.7 Å². The lowest BCUT2D eigenvalue weighted by Crippen LogP contribution is -2.21. The number of aryl methyl sites for hydroxylation is 3. The van der Waals surface area contributed by atoms with E-state index in [1.807, 2.05) is 39.0 Å². The highest BCUT2D eigenvalue weighted by Gasteiger charge is 2.20. The van der Waals surface area contributed by atoms with Crippen molar-refractivity contribution in [1.82, 2.24) is 9.55 Å². The van der Waals surface area contributed by atoms with Gasteiger partial charge in [-0.25, -0.2) is 9.78 Å². The van der Waals surface area contributed by atoms with Gasteiger partial charge in [-0.1, -0.05) is 36.8 Å². The number of amides is 1. The normalized spacial score (nSPS) is 11.0. The summed E-state index contributed by atoms with van der Waals surface area (Å²) in [6.07, 6.45) is 2.26. The summed E-state index contributed by atoms with van der Waals surface area (Å²) in [7, 11) is 0. The molecule has 35 heavy (non-hydrogen) atoms. The number of benzene rings is 2. The Labute approximate surface area is 207 Å². The minimum Gasteiger partial charge on any atom is -0.462 e. The van der Waals surface area contributed by atoms with Crippen LogP contribution in [-0.2, 0) is 11.3 Å². The number of nitrogens with one attached hydrogen (secondary N) is 1. The fourth-order valence-corrected chi connectivity index (χ4v) is 4.88. The monoisotopic (exact) mass is 489 g/mol. The average molecular weight is 490 g/mol. The molecule has 0 aliphatic rings. The van der Waals surface area contributed by atoms with E-state index in [0.717, 1.165) is 28.8 Å². The molecule has 0 saturated carbocycles. The summed E-state index contributed by atoms with van der Waals surface area (Å²) in [4.78, 5) is 43.7. The first-order valence-electron chi connectivity index (χ1n) is 11.4. The van der Waals surface area contributed by atoms with Crippen molar-refractivity contribution in [3.63, 3.8) is 0 Å². The van der Waals surface area contributed by atoms with E-state index in [0.29, 0.717) is 39.4 Å². The summed E-state index contributed by atoms with van der Waals surface area (Å²) in [5, 5.41) is 3.40. The van der Waals surface area contributed by atoms with Gasteiger partial charge in [0.1, 0.15) is 4.83 Å². The van der Waals surface area contributed by atoms with E-state index in [4.69, 9.17) is 4.74 Å². The molecule has 0 aliphatic heterocycles. The van der Waals surface area contributed by atoms with E-state index >= 15 is 0 Å².